The number of sulfone groups is 1. The van der Waals surface area contributed by atoms with E-state index in [0.29, 0.717) is 11.3 Å². The van der Waals surface area contributed by atoms with Gasteiger partial charge in [0.15, 0.2) is 9.84 Å². The van der Waals surface area contributed by atoms with Crippen molar-refractivity contribution in [1.29, 1.82) is 0 Å². The van der Waals surface area contributed by atoms with E-state index in [1.165, 1.54) is 6.20 Å². The quantitative estimate of drug-likeness (QED) is 0.851. The van der Waals surface area contributed by atoms with E-state index in [2.05, 4.69) is 25.8 Å². The third-order valence-electron chi connectivity index (χ3n) is 3.17. The standard InChI is InChI=1S/C15H19NO2S/c1-15(2,3)13-6-4-5-12(9-13)11-19(17,18)14-7-8-16-10-14/h4-6,8-10H,7,11H2,1-3H3. The Bertz CT molecular complexity index is 634. The molecular weight excluding hydrogens is 258 g/mol. The third kappa shape index (κ3) is 3.32. The topological polar surface area (TPSA) is 46.5 Å². The van der Waals surface area contributed by atoms with Gasteiger partial charge < -0.3 is 0 Å². The van der Waals surface area contributed by atoms with Crippen LogP contribution in [0.3, 0.4) is 0 Å². The van der Waals surface area contributed by atoms with Crippen molar-refractivity contribution < 1.29 is 8.42 Å². The summed E-state index contributed by atoms with van der Waals surface area (Å²) in [6.45, 7) is 6.36. The van der Waals surface area contributed by atoms with E-state index in [9.17, 15) is 8.42 Å². The monoisotopic (exact) mass is 277 g/mol. The van der Waals surface area contributed by atoms with Crippen LogP contribution in [0.1, 0.15) is 38.3 Å². The Morgan fingerprint density at radius 3 is 2.58 bits per heavy atom. The Morgan fingerprint density at radius 1 is 1.26 bits per heavy atom. The Kier molecular flexibility index (Phi) is 3.63. The zero-order chi connectivity index (χ0) is 14.1. The van der Waals surface area contributed by atoms with Gasteiger partial charge >= 0.3 is 0 Å². The second kappa shape index (κ2) is 4.93. The molecule has 0 saturated heterocycles. The molecule has 0 aromatic heterocycles. The van der Waals surface area contributed by atoms with Crippen molar-refractivity contribution in [1.82, 2.24) is 0 Å². The highest BCUT2D eigenvalue weighted by Gasteiger charge is 2.21. The van der Waals surface area contributed by atoms with Crippen molar-refractivity contribution in [3.63, 3.8) is 0 Å². The van der Waals surface area contributed by atoms with Gasteiger partial charge in [0.2, 0.25) is 0 Å². The number of allylic oxidation sites excluding steroid dienone is 1. The van der Waals surface area contributed by atoms with Crippen molar-refractivity contribution in [2.75, 3.05) is 0 Å². The van der Waals surface area contributed by atoms with Crippen LogP contribution in [0.4, 0.5) is 0 Å². The summed E-state index contributed by atoms with van der Waals surface area (Å²) in [5.41, 5.74) is 2.01. The summed E-state index contributed by atoms with van der Waals surface area (Å²) in [6, 6.07) is 7.80. The summed E-state index contributed by atoms with van der Waals surface area (Å²) in [6.07, 6.45) is 3.49. The number of hydrogen-bond acceptors (Lipinski definition) is 3. The molecule has 4 heteroatoms. The molecule has 0 spiro atoms. The molecule has 2 rings (SSSR count). The van der Waals surface area contributed by atoms with Gasteiger partial charge in [0.1, 0.15) is 0 Å². The summed E-state index contributed by atoms with van der Waals surface area (Å²) in [5.74, 6) is 0.0477. The highest BCUT2D eigenvalue weighted by molar-refractivity contribution is 7.94. The van der Waals surface area contributed by atoms with Crippen molar-refractivity contribution in [3.05, 3.63) is 46.5 Å². The maximum Gasteiger partial charge on any atom is 0.180 e. The SMILES string of the molecule is CC(C)(C)c1cccc(CS(=O)(=O)C2=CN=CC2)c1. The Balaban J connectivity index is 2.25. The normalized spacial score (nSPS) is 15.6. The fraction of sp³-hybridized carbons (Fsp3) is 0.400. The maximum atomic E-state index is 12.2. The molecule has 1 aromatic carbocycles. The summed E-state index contributed by atoms with van der Waals surface area (Å²) in [5, 5.41) is 0. The van der Waals surface area contributed by atoms with E-state index in [-0.39, 0.29) is 11.2 Å². The first-order chi connectivity index (χ1) is 8.79. The van der Waals surface area contributed by atoms with Crippen molar-refractivity contribution in [2.24, 2.45) is 4.99 Å². The van der Waals surface area contributed by atoms with Gasteiger partial charge in [0, 0.05) is 18.8 Å². The van der Waals surface area contributed by atoms with Crippen molar-refractivity contribution in [3.8, 4) is 0 Å². The molecule has 0 radical (unpaired) electrons. The van der Waals surface area contributed by atoms with E-state index in [1.807, 2.05) is 24.3 Å². The minimum absolute atomic E-state index is 0.0233. The molecule has 0 saturated carbocycles. The van der Waals surface area contributed by atoms with E-state index >= 15 is 0 Å². The summed E-state index contributed by atoms with van der Waals surface area (Å²) in [4.78, 5) is 4.27. The number of aliphatic imine (C=N–C) groups is 1. The van der Waals surface area contributed by atoms with Crippen LogP contribution in [0.15, 0.2) is 40.4 Å². The fourth-order valence-electron chi connectivity index (χ4n) is 1.98. The summed E-state index contributed by atoms with van der Waals surface area (Å²) >= 11 is 0. The molecule has 3 nitrogen and oxygen atoms in total. The predicted octanol–water partition coefficient (Wildman–Crippen LogP) is 3.21. The summed E-state index contributed by atoms with van der Waals surface area (Å²) in [7, 11) is -3.24. The van der Waals surface area contributed by atoms with Gasteiger partial charge in [0.05, 0.1) is 10.7 Å². The van der Waals surface area contributed by atoms with E-state index in [4.69, 9.17) is 0 Å². The summed E-state index contributed by atoms with van der Waals surface area (Å²) < 4.78 is 24.4. The van der Waals surface area contributed by atoms with Gasteiger partial charge in [-0.2, -0.15) is 0 Å². The first kappa shape index (κ1) is 14.0. The second-order valence-electron chi connectivity index (χ2n) is 5.84. The number of hydrogen-bond donors (Lipinski definition) is 0. The highest BCUT2D eigenvalue weighted by Crippen LogP contribution is 2.25. The van der Waals surface area contributed by atoms with Crippen LogP contribution in [-0.2, 0) is 21.0 Å². The van der Waals surface area contributed by atoms with Crippen LogP contribution in [0, 0.1) is 0 Å². The largest absolute Gasteiger partial charge is 0.268 e. The van der Waals surface area contributed by atoms with Crippen LogP contribution in [0.25, 0.3) is 0 Å². The van der Waals surface area contributed by atoms with Crippen LogP contribution >= 0.6 is 0 Å². The van der Waals surface area contributed by atoms with Gasteiger partial charge in [-0.25, -0.2) is 8.42 Å². The molecule has 102 valence electrons. The average molecular weight is 277 g/mol. The molecule has 0 N–H and O–H groups in total. The molecule has 0 fully saturated rings. The molecule has 1 aliphatic heterocycles. The first-order valence-electron chi connectivity index (χ1n) is 6.32. The lowest BCUT2D eigenvalue weighted by atomic mass is 9.86. The predicted molar refractivity (Wildman–Crippen MR) is 79.0 cm³/mol. The third-order valence-corrected chi connectivity index (χ3v) is 4.95. The number of benzene rings is 1. The zero-order valence-corrected chi connectivity index (χ0v) is 12.4. The van der Waals surface area contributed by atoms with Gasteiger partial charge in [-0.15, -0.1) is 0 Å². The molecule has 1 heterocycles. The van der Waals surface area contributed by atoms with Gasteiger partial charge in [-0.05, 0) is 16.5 Å². The number of nitrogens with zero attached hydrogens (tertiary/aromatic N) is 1. The van der Waals surface area contributed by atoms with Crippen LogP contribution in [0.5, 0.6) is 0 Å². The van der Waals surface area contributed by atoms with E-state index in [1.54, 1.807) is 6.21 Å². The maximum absolute atomic E-state index is 12.2. The minimum Gasteiger partial charge on any atom is -0.268 e. The average Bonchev–Trinajstić information content (AvgIpc) is 2.81. The molecule has 19 heavy (non-hydrogen) atoms. The lowest BCUT2D eigenvalue weighted by molar-refractivity contribution is 0.588. The Hall–Kier alpha value is -1.42. The molecule has 0 aliphatic carbocycles. The fourth-order valence-corrected chi connectivity index (χ4v) is 3.33. The van der Waals surface area contributed by atoms with Gasteiger partial charge in [0.25, 0.3) is 0 Å². The second-order valence-corrected chi connectivity index (χ2v) is 7.88. The highest BCUT2D eigenvalue weighted by atomic mass is 32.2. The van der Waals surface area contributed by atoms with Crippen LogP contribution in [-0.4, -0.2) is 14.6 Å². The molecule has 0 bridgehead atoms. The molecule has 0 amide bonds. The smallest absolute Gasteiger partial charge is 0.180 e. The molecule has 1 aliphatic rings. The number of rotatable bonds is 3. The van der Waals surface area contributed by atoms with Gasteiger partial charge in [-0.1, -0.05) is 45.0 Å². The first-order valence-corrected chi connectivity index (χ1v) is 7.97. The van der Waals surface area contributed by atoms with Gasteiger partial charge in [-0.3, -0.25) is 4.99 Å². The van der Waals surface area contributed by atoms with E-state index < -0.39 is 9.84 Å². The zero-order valence-electron chi connectivity index (χ0n) is 11.6. The minimum atomic E-state index is -3.24. The van der Waals surface area contributed by atoms with Crippen LogP contribution in [0.2, 0.25) is 0 Å². The molecule has 0 atom stereocenters. The lowest BCUT2D eigenvalue weighted by Gasteiger charge is -2.19. The van der Waals surface area contributed by atoms with Crippen molar-refractivity contribution in [2.45, 2.75) is 38.4 Å². The van der Waals surface area contributed by atoms with Crippen LogP contribution < -0.4 is 0 Å². The van der Waals surface area contributed by atoms with Crippen molar-refractivity contribution >= 4 is 16.1 Å². The molecule has 1 aromatic rings. The Morgan fingerprint density at radius 2 is 2.00 bits per heavy atom. The molecular formula is C15H19NO2S. The van der Waals surface area contributed by atoms with E-state index in [0.717, 1.165) is 11.1 Å². The lowest BCUT2D eigenvalue weighted by Crippen LogP contribution is -2.12. The Labute approximate surface area is 115 Å². The molecule has 0 unspecified atom stereocenters.